The van der Waals surface area contributed by atoms with E-state index in [1.165, 1.54) is 25.7 Å². The number of hydrogen-bond donors (Lipinski definition) is 2. The Balaban J connectivity index is 1.56. The molecule has 0 aliphatic heterocycles. The summed E-state index contributed by atoms with van der Waals surface area (Å²) in [6, 6.07) is 10.4. The maximum atomic E-state index is 13.4. The van der Waals surface area contributed by atoms with Crippen molar-refractivity contribution in [3.63, 3.8) is 0 Å². The van der Waals surface area contributed by atoms with Gasteiger partial charge in [-0.2, -0.15) is 5.10 Å². The molecule has 0 saturated heterocycles. The zero-order valence-electron chi connectivity index (χ0n) is 20.2. The number of carboxylic acid groups (broad SMARTS) is 1. The first kappa shape index (κ1) is 26.7. The molecule has 1 saturated carbocycles. The minimum Gasteiger partial charge on any atom is -0.494 e. The van der Waals surface area contributed by atoms with Crippen LogP contribution in [0.25, 0.3) is 11.1 Å². The fourth-order valence-corrected chi connectivity index (χ4v) is 5.22. The lowest BCUT2D eigenvalue weighted by atomic mass is 9.95. The molecular weight excluding hydrogens is 517 g/mol. The van der Waals surface area contributed by atoms with Gasteiger partial charge in [-0.25, -0.2) is 9.48 Å². The second kappa shape index (κ2) is 11.8. The number of carboxylic acids is 1. The van der Waals surface area contributed by atoms with Crippen molar-refractivity contribution in [1.29, 1.82) is 0 Å². The Labute approximate surface area is 224 Å². The van der Waals surface area contributed by atoms with Crippen LogP contribution in [0.1, 0.15) is 54.1 Å². The molecule has 1 aromatic heterocycles. The zero-order valence-corrected chi connectivity index (χ0v) is 21.8. The van der Waals surface area contributed by atoms with Crippen LogP contribution in [0.2, 0.25) is 10.0 Å². The number of carbonyl (C=O) groups is 2. The van der Waals surface area contributed by atoms with Gasteiger partial charge in [0.25, 0.3) is 11.5 Å². The van der Waals surface area contributed by atoms with Gasteiger partial charge in [0.15, 0.2) is 5.75 Å². The van der Waals surface area contributed by atoms with Crippen molar-refractivity contribution >= 4 is 35.1 Å². The van der Waals surface area contributed by atoms with Crippen LogP contribution in [0.15, 0.2) is 53.5 Å². The molecule has 1 atom stereocenters. The summed E-state index contributed by atoms with van der Waals surface area (Å²) in [6.07, 6.45) is 6.72. The van der Waals surface area contributed by atoms with Crippen molar-refractivity contribution in [3.05, 3.63) is 80.2 Å². The Morgan fingerprint density at radius 1 is 1.11 bits per heavy atom. The lowest BCUT2D eigenvalue weighted by molar-refractivity contribution is -0.139. The van der Waals surface area contributed by atoms with E-state index in [0.717, 1.165) is 25.7 Å². The highest BCUT2D eigenvalue weighted by Gasteiger charge is 2.25. The van der Waals surface area contributed by atoms with E-state index in [0.29, 0.717) is 22.4 Å². The number of aromatic nitrogens is 2. The molecule has 37 heavy (non-hydrogen) atoms. The predicted molar refractivity (Wildman–Crippen MR) is 142 cm³/mol. The van der Waals surface area contributed by atoms with Gasteiger partial charge < -0.3 is 15.2 Å². The Morgan fingerprint density at radius 3 is 2.35 bits per heavy atom. The number of ether oxygens (including phenoxy) is 1. The molecule has 1 amide bonds. The number of carbonyl (C=O) groups excluding carboxylic acids is 1. The number of amides is 1. The molecule has 3 aromatic rings. The van der Waals surface area contributed by atoms with E-state index in [9.17, 15) is 19.5 Å². The quantitative estimate of drug-likeness (QED) is 0.406. The number of rotatable bonds is 8. The molecule has 4 rings (SSSR count). The molecule has 0 spiro atoms. The highest BCUT2D eigenvalue weighted by molar-refractivity contribution is 6.39. The van der Waals surface area contributed by atoms with Crippen molar-refractivity contribution in [2.24, 2.45) is 0 Å². The van der Waals surface area contributed by atoms with E-state index in [1.807, 2.05) is 0 Å². The van der Waals surface area contributed by atoms with Crippen molar-refractivity contribution in [1.82, 2.24) is 15.1 Å². The lowest BCUT2D eigenvalue weighted by Crippen LogP contribution is -2.42. The van der Waals surface area contributed by atoms with Crippen LogP contribution in [-0.2, 0) is 11.2 Å². The molecule has 1 aliphatic rings. The summed E-state index contributed by atoms with van der Waals surface area (Å²) in [5, 5.41) is 16.8. The van der Waals surface area contributed by atoms with Gasteiger partial charge in [0, 0.05) is 6.42 Å². The van der Waals surface area contributed by atoms with E-state index in [-0.39, 0.29) is 33.6 Å². The molecule has 1 aliphatic carbocycles. The molecule has 2 aromatic carbocycles. The van der Waals surface area contributed by atoms with Crippen LogP contribution < -0.4 is 15.6 Å². The number of nitrogens with zero attached hydrogens (tertiary/aromatic N) is 2. The normalized spacial score (nSPS) is 14.7. The molecule has 0 bridgehead atoms. The van der Waals surface area contributed by atoms with E-state index in [1.54, 1.807) is 41.2 Å². The Hall–Kier alpha value is -3.36. The largest absolute Gasteiger partial charge is 0.494 e. The van der Waals surface area contributed by atoms with Gasteiger partial charge in [0.05, 0.1) is 40.5 Å². The first-order valence-corrected chi connectivity index (χ1v) is 12.8. The highest BCUT2D eigenvalue weighted by Crippen LogP contribution is 2.30. The number of methoxy groups -OCH3 is 1. The standard InChI is InChI=1S/C27H27Cl2N3O5/c1-37-22-15-30-32(18-6-3-2-4-7-18)26(34)23(22)17-12-10-16(11-13-17)14-21(27(35)36)31-25(33)24-19(28)8-5-9-20(24)29/h5,8-13,15,18,21H,2-4,6-7,14H2,1H3,(H,31,33)(H,35,36)/t21-/m0/s1. The molecule has 194 valence electrons. The molecule has 1 fully saturated rings. The summed E-state index contributed by atoms with van der Waals surface area (Å²) in [5.41, 5.74) is 1.50. The second-order valence-electron chi connectivity index (χ2n) is 8.99. The van der Waals surface area contributed by atoms with Crippen molar-refractivity contribution in [2.45, 2.75) is 50.6 Å². The molecule has 10 heteroatoms. The average molecular weight is 544 g/mol. The number of aliphatic carboxylic acids is 1. The van der Waals surface area contributed by atoms with Crippen LogP contribution in [0.5, 0.6) is 5.75 Å². The maximum Gasteiger partial charge on any atom is 0.326 e. The molecule has 8 nitrogen and oxygen atoms in total. The summed E-state index contributed by atoms with van der Waals surface area (Å²) < 4.78 is 6.99. The van der Waals surface area contributed by atoms with Gasteiger partial charge in [0.1, 0.15) is 6.04 Å². The summed E-state index contributed by atoms with van der Waals surface area (Å²) >= 11 is 12.2. The van der Waals surface area contributed by atoms with Gasteiger partial charge >= 0.3 is 5.97 Å². The fraction of sp³-hybridized carbons (Fsp3) is 0.333. The first-order valence-electron chi connectivity index (χ1n) is 12.0. The topological polar surface area (TPSA) is 111 Å². The van der Waals surface area contributed by atoms with Crippen molar-refractivity contribution < 1.29 is 19.4 Å². The van der Waals surface area contributed by atoms with E-state index < -0.39 is 17.9 Å². The number of benzene rings is 2. The molecule has 1 heterocycles. The van der Waals surface area contributed by atoms with Gasteiger partial charge in [-0.15, -0.1) is 0 Å². The van der Waals surface area contributed by atoms with E-state index in [4.69, 9.17) is 27.9 Å². The van der Waals surface area contributed by atoms with Gasteiger partial charge in [-0.1, -0.05) is 72.8 Å². The summed E-state index contributed by atoms with van der Waals surface area (Å²) in [5.74, 6) is -1.51. The van der Waals surface area contributed by atoms with Gasteiger partial charge in [-0.05, 0) is 36.1 Å². The Kier molecular flexibility index (Phi) is 8.51. The smallest absolute Gasteiger partial charge is 0.326 e. The van der Waals surface area contributed by atoms with Crippen LogP contribution in [0.3, 0.4) is 0 Å². The third-order valence-corrected chi connectivity index (χ3v) is 7.21. The van der Waals surface area contributed by atoms with Crippen LogP contribution >= 0.6 is 23.2 Å². The minimum atomic E-state index is -1.22. The summed E-state index contributed by atoms with van der Waals surface area (Å²) in [4.78, 5) is 38.0. The number of hydrogen-bond acceptors (Lipinski definition) is 5. The van der Waals surface area contributed by atoms with Gasteiger partial charge in [0.2, 0.25) is 0 Å². The average Bonchev–Trinajstić information content (AvgIpc) is 2.89. The van der Waals surface area contributed by atoms with Crippen LogP contribution in [-0.4, -0.2) is 39.9 Å². The van der Waals surface area contributed by atoms with Crippen LogP contribution in [0.4, 0.5) is 0 Å². The third kappa shape index (κ3) is 5.97. The molecular formula is C27H27Cl2N3O5. The van der Waals surface area contributed by atoms with Crippen molar-refractivity contribution in [3.8, 4) is 16.9 Å². The third-order valence-electron chi connectivity index (χ3n) is 6.58. The second-order valence-corrected chi connectivity index (χ2v) is 9.81. The van der Waals surface area contributed by atoms with Crippen molar-refractivity contribution in [2.75, 3.05) is 7.11 Å². The molecule has 0 radical (unpaired) electrons. The Morgan fingerprint density at radius 2 is 1.76 bits per heavy atom. The number of halogens is 2. The highest BCUT2D eigenvalue weighted by atomic mass is 35.5. The summed E-state index contributed by atoms with van der Waals surface area (Å²) in [6.45, 7) is 0. The SMILES string of the molecule is COc1cnn(C2CCCCC2)c(=O)c1-c1ccc(C[C@H](NC(=O)c2c(Cl)cccc2Cl)C(=O)O)cc1. The lowest BCUT2D eigenvalue weighted by Gasteiger charge is -2.23. The monoisotopic (exact) mass is 543 g/mol. The minimum absolute atomic E-state index is 0.0171. The van der Waals surface area contributed by atoms with E-state index >= 15 is 0 Å². The maximum absolute atomic E-state index is 13.4. The van der Waals surface area contributed by atoms with Gasteiger partial charge in [-0.3, -0.25) is 9.59 Å². The zero-order chi connectivity index (χ0) is 26.5. The Bertz CT molecular complexity index is 1330. The fourth-order valence-electron chi connectivity index (χ4n) is 4.65. The molecule has 2 N–H and O–H groups in total. The van der Waals surface area contributed by atoms with E-state index in [2.05, 4.69) is 10.4 Å². The molecule has 0 unspecified atom stereocenters. The predicted octanol–water partition coefficient (Wildman–Crippen LogP) is 5.16. The van der Waals surface area contributed by atoms with Crippen LogP contribution in [0, 0.1) is 0 Å². The first-order chi connectivity index (χ1) is 17.8. The number of nitrogens with one attached hydrogen (secondary N) is 1. The summed E-state index contributed by atoms with van der Waals surface area (Å²) in [7, 11) is 1.49.